The van der Waals surface area contributed by atoms with Crippen LogP contribution in [0, 0.1) is 5.41 Å². The maximum atomic E-state index is 6.25. The van der Waals surface area contributed by atoms with Crippen LogP contribution in [-0.4, -0.2) is 43.3 Å². The molecule has 1 aliphatic heterocycles. The van der Waals surface area contributed by atoms with Crippen LogP contribution < -0.4 is 5.73 Å². The Kier molecular flexibility index (Phi) is 4.92. The minimum Gasteiger partial charge on any atom is -0.377 e. The van der Waals surface area contributed by atoms with Gasteiger partial charge in [0.15, 0.2) is 0 Å². The van der Waals surface area contributed by atoms with Crippen molar-refractivity contribution in [1.29, 1.82) is 0 Å². The fourth-order valence-corrected chi connectivity index (χ4v) is 5.06. The van der Waals surface area contributed by atoms with E-state index >= 15 is 0 Å². The molecule has 2 aliphatic carbocycles. The molecule has 3 nitrogen and oxygen atoms in total. The molecule has 21 heavy (non-hydrogen) atoms. The van der Waals surface area contributed by atoms with Gasteiger partial charge in [0, 0.05) is 25.2 Å². The van der Waals surface area contributed by atoms with Crippen LogP contribution in [-0.2, 0) is 4.74 Å². The monoisotopic (exact) mass is 294 g/mol. The Morgan fingerprint density at radius 1 is 1.00 bits per heavy atom. The zero-order valence-electron chi connectivity index (χ0n) is 13.9. The molecule has 2 N–H and O–H groups in total. The molecule has 3 heteroatoms. The second-order valence-electron chi connectivity index (χ2n) is 8.00. The topological polar surface area (TPSA) is 38.5 Å². The molecule has 3 aliphatic rings. The molecule has 0 aromatic rings. The number of likely N-dealkylation sites (N-methyl/N-ethyl adjacent to an activating group) is 1. The van der Waals surface area contributed by atoms with Gasteiger partial charge in [0.25, 0.3) is 0 Å². The number of rotatable bonds is 4. The summed E-state index contributed by atoms with van der Waals surface area (Å²) in [6, 6.07) is 0. The molecule has 0 amide bonds. The molecule has 0 aromatic carbocycles. The van der Waals surface area contributed by atoms with Gasteiger partial charge in [-0.25, -0.2) is 0 Å². The van der Waals surface area contributed by atoms with Gasteiger partial charge in [0.2, 0.25) is 0 Å². The van der Waals surface area contributed by atoms with Crippen LogP contribution in [0.2, 0.25) is 0 Å². The van der Waals surface area contributed by atoms with E-state index in [0.717, 1.165) is 19.7 Å². The lowest BCUT2D eigenvalue weighted by atomic mass is 9.66. The molecule has 3 rings (SSSR count). The Labute approximate surface area is 130 Å². The Balaban J connectivity index is 1.58. The molecule has 3 fully saturated rings. The predicted molar refractivity (Wildman–Crippen MR) is 87.4 cm³/mol. The highest BCUT2D eigenvalue weighted by Crippen LogP contribution is 2.52. The van der Waals surface area contributed by atoms with E-state index in [-0.39, 0.29) is 5.54 Å². The summed E-state index contributed by atoms with van der Waals surface area (Å²) in [4.78, 5) is 2.56. The summed E-state index contributed by atoms with van der Waals surface area (Å²) in [6.45, 7) is 2.84. The molecule has 0 radical (unpaired) electrons. The average Bonchev–Trinajstić information content (AvgIpc) is 2.98. The van der Waals surface area contributed by atoms with Gasteiger partial charge < -0.3 is 10.5 Å². The molecule has 0 aromatic heterocycles. The fraction of sp³-hybridized carbons (Fsp3) is 1.00. The van der Waals surface area contributed by atoms with Crippen molar-refractivity contribution in [3.8, 4) is 0 Å². The van der Waals surface area contributed by atoms with E-state index in [2.05, 4.69) is 11.9 Å². The molecule has 1 atom stereocenters. The van der Waals surface area contributed by atoms with Gasteiger partial charge in [-0.05, 0) is 70.3 Å². The number of hydrogen-bond donors (Lipinski definition) is 1. The van der Waals surface area contributed by atoms with Crippen LogP contribution in [0.1, 0.15) is 70.6 Å². The molecule has 1 unspecified atom stereocenters. The third kappa shape index (κ3) is 3.30. The van der Waals surface area contributed by atoms with Crippen LogP contribution in [0.4, 0.5) is 0 Å². The predicted octanol–water partition coefficient (Wildman–Crippen LogP) is 3.32. The molecular formula is C18H34N2O. The number of ether oxygens (including phenoxy) is 1. The summed E-state index contributed by atoms with van der Waals surface area (Å²) in [5.41, 5.74) is 7.19. The fourth-order valence-electron chi connectivity index (χ4n) is 5.06. The van der Waals surface area contributed by atoms with Crippen molar-refractivity contribution >= 4 is 0 Å². The minimum atomic E-state index is 0.245. The summed E-state index contributed by atoms with van der Waals surface area (Å²) in [5.74, 6) is 0. The summed E-state index contributed by atoms with van der Waals surface area (Å²) >= 11 is 0. The van der Waals surface area contributed by atoms with Gasteiger partial charge >= 0.3 is 0 Å². The largest absolute Gasteiger partial charge is 0.377 e. The second kappa shape index (κ2) is 6.55. The average molecular weight is 294 g/mol. The summed E-state index contributed by atoms with van der Waals surface area (Å²) in [5, 5.41) is 0. The van der Waals surface area contributed by atoms with E-state index < -0.39 is 0 Å². The Hall–Kier alpha value is -0.120. The van der Waals surface area contributed by atoms with Crippen molar-refractivity contribution in [3.63, 3.8) is 0 Å². The molecule has 1 saturated heterocycles. The first-order valence-corrected chi connectivity index (χ1v) is 9.21. The Bertz CT molecular complexity index is 322. The van der Waals surface area contributed by atoms with Gasteiger partial charge in [-0.2, -0.15) is 0 Å². The van der Waals surface area contributed by atoms with Crippen molar-refractivity contribution in [2.45, 2.75) is 82.3 Å². The first kappa shape index (κ1) is 15.8. The van der Waals surface area contributed by atoms with Gasteiger partial charge in [0.1, 0.15) is 0 Å². The van der Waals surface area contributed by atoms with Crippen molar-refractivity contribution in [2.24, 2.45) is 11.1 Å². The molecule has 2 saturated carbocycles. The summed E-state index contributed by atoms with van der Waals surface area (Å²) in [7, 11) is 2.29. The van der Waals surface area contributed by atoms with Crippen LogP contribution in [0.3, 0.4) is 0 Å². The quantitative estimate of drug-likeness (QED) is 0.864. The zero-order chi connectivity index (χ0) is 14.8. The highest BCUT2D eigenvalue weighted by atomic mass is 16.5. The second-order valence-corrected chi connectivity index (χ2v) is 8.00. The SMILES string of the molecule is CN(CC1CCCCO1)C1(CN)CCC2(CCCC2)CC1. The van der Waals surface area contributed by atoms with E-state index in [9.17, 15) is 0 Å². The van der Waals surface area contributed by atoms with Crippen LogP contribution >= 0.6 is 0 Å². The van der Waals surface area contributed by atoms with E-state index in [1.54, 1.807) is 0 Å². The van der Waals surface area contributed by atoms with Crippen molar-refractivity contribution < 1.29 is 4.74 Å². The molecule has 1 heterocycles. The van der Waals surface area contributed by atoms with E-state index in [4.69, 9.17) is 10.5 Å². The van der Waals surface area contributed by atoms with Crippen molar-refractivity contribution in [1.82, 2.24) is 4.90 Å². The summed E-state index contributed by atoms with van der Waals surface area (Å²) in [6.07, 6.45) is 15.5. The van der Waals surface area contributed by atoms with Crippen molar-refractivity contribution in [3.05, 3.63) is 0 Å². The number of hydrogen-bond acceptors (Lipinski definition) is 3. The number of nitrogens with two attached hydrogens (primary N) is 1. The lowest BCUT2D eigenvalue weighted by Crippen LogP contribution is -2.57. The molecule has 122 valence electrons. The van der Waals surface area contributed by atoms with Crippen LogP contribution in [0.5, 0.6) is 0 Å². The molecular weight excluding hydrogens is 260 g/mol. The lowest BCUT2D eigenvalue weighted by Gasteiger charge is -2.50. The third-order valence-corrected chi connectivity index (χ3v) is 6.85. The highest BCUT2D eigenvalue weighted by molar-refractivity contribution is 5.01. The number of nitrogens with zero attached hydrogens (tertiary/aromatic N) is 1. The first-order valence-electron chi connectivity index (χ1n) is 9.21. The molecule has 0 bridgehead atoms. The summed E-state index contributed by atoms with van der Waals surface area (Å²) < 4.78 is 5.94. The zero-order valence-corrected chi connectivity index (χ0v) is 13.9. The molecule has 1 spiro atoms. The Morgan fingerprint density at radius 3 is 2.29 bits per heavy atom. The van der Waals surface area contributed by atoms with Crippen molar-refractivity contribution in [2.75, 3.05) is 26.7 Å². The van der Waals surface area contributed by atoms with Gasteiger partial charge in [-0.1, -0.05) is 12.8 Å². The van der Waals surface area contributed by atoms with Gasteiger partial charge in [-0.15, -0.1) is 0 Å². The standard InChI is InChI=1S/C18H34N2O/c1-20(14-16-6-2-5-13-21-16)18(15-19)11-9-17(10-12-18)7-3-4-8-17/h16H,2-15,19H2,1H3. The minimum absolute atomic E-state index is 0.245. The maximum Gasteiger partial charge on any atom is 0.0702 e. The van der Waals surface area contributed by atoms with Gasteiger partial charge in [-0.3, -0.25) is 4.90 Å². The van der Waals surface area contributed by atoms with Crippen LogP contribution in [0.15, 0.2) is 0 Å². The van der Waals surface area contributed by atoms with Crippen LogP contribution in [0.25, 0.3) is 0 Å². The third-order valence-electron chi connectivity index (χ3n) is 6.85. The smallest absolute Gasteiger partial charge is 0.0702 e. The van der Waals surface area contributed by atoms with E-state index in [1.807, 2.05) is 0 Å². The van der Waals surface area contributed by atoms with E-state index in [0.29, 0.717) is 11.5 Å². The maximum absolute atomic E-state index is 6.25. The lowest BCUT2D eigenvalue weighted by molar-refractivity contribution is -0.0396. The highest BCUT2D eigenvalue weighted by Gasteiger charge is 2.45. The Morgan fingerprint density at radius 2 is 1.71 bits per heavy atom. The first-order chi connectivity index (χ1) is 10.2. The van der Waals surface area contributed by atoms with Gasteiger partial charge in [0.05, 0.1) is 6.10 Å². The van der Waals surface area contributed by atoms with E-state index in [1.165, 1.54) is 70.6 Å². The normalized spacial score (nSPS) is 31.9.